The van der Waals surface area contributed by atoms with Gasteiger partial charge in [-0.15, -0.1) is 5.10 Å². The van der Waals surface area contributed by atoms with E-state index < -0.39 is 17.7 Å². The maximum atomic E-state index is 13.1. The summed E-state index contributed by atoms with van der Waals surface area (Å²) in [6.07, 6.45) is -0.332. The van der Waals surface area contributed by atoms with Crippen molar-refractivity contribution in [1.29, 1.82) is 0 Å². The van der Waals surface area contributed by atoms with Gasteiger partial charge in [0.2, 0.25) is 5.91 Å². The van der Waals surface area contributed by atoms with Gasteiger partial charge < -0.3 is 15.4 Å². The zero-order valence-corrected chi connectivity index (χ0v) is 18.0. The van der Waals surface area contributed by atoms with Crippen LogP contribution in [0.4, 0.5) is 10.5 Å². The lowest BCUT2D eigenvalue weighted by atomic mass is 10.1. The number of ether oxygens (including phenoxy) is 1. The van der Waals surface area contributed by atoms with E-state index in [9.17, 15) is 9.59 Å². The van der Waals surface area contributed by atoms with E-state index in [0.717, 1.165) is 11.1 Å². The van der Waals surface area contributed by atoms with Crippen LogP contribution in [0.1, 0.15) is 26.3 Å². The van der Waals surface area contributed by atoms with Crippen molar-refractivity contribution in [3.63, 3.8) is 0 Å². The maximum absolute atomic E-state index is 13.1. The molecule has 162 valence electrons. The SMILES string of the molecule is Cn1nnnc1-c1cccc(NC(=O)C(Cc2ccccc2)NC(=O)OC(C)(C)C)c1. The number of carbonyl (C=O) groups is 2. The number of aryl methyl sites for hydroxylation is 1. The van der Waals surface area contributed by atoms with Crippen molar-refractivity contribution in [1.82, 2.24) is 25.5 Å². The van der Waals surface area contributed by atoms with Crippen molar-refractivity contribution in [2.75, 3.05) is 5.32 Å². The average Bonchev–Trinajstić information content (AvgIpc) is 3.13. The second-order valence-electron chi connectivity index (χ2n) is 8.08. The Balaban J connectivity index is 1.77. The first kappa shape index (κ1) is 21.9. The molecule has 1 aromatic heterocycles. The second kappa shape index (κ2) is 9.38. The molecule has 0 radical (unpaired) electrons. The summed E-state index contributed by atoms with van der Waals surface area (Å²) in [6, 6.07) is 15.8. The first-order chi connectivity index (χ1) is 14.7. The molecule has 2 N–H and O–H groups in total. The minimum atomic E-state index is -0.822. The van der Waals surface area contributed by atoms with Gasteiger partial charge in [0.05, 0.1) is 0 Å². The molecule has 9 heteroatoms. The van der Waals surface area contributed by atoms with Crippen LogP contribution in [0.25, 0.3) is 11.4 Å². The molecule has 31 heavy (non-hydrogen) atoms. The molecule has 0 bridgehead atoms. The Bertz CT molecular complexity index is 1040. The summed E-state index contributed by atoms with van der Waals surface area (Å²) in [5.74, 6) is 0.215. The molecular formula is C22H26N6O3. The normalized spacial score (nSPS) is 12.1. The fourth-order valence-corrected chi connectivity index (χ4v) is 2.95. The summed E-state index contributed by atoms with van der Waals surface area (Å²) >= 11 is 0. The molecular weight excluding hydrogens is 396 g/mol. The van der Waals surface area contributed by atoms with E-state index >= 15 is 0 Å². The number of hydrogen-bond acceptors (Lipinski definition) is 6. The molecule has 0 aliphatic heterocycles. The third kappa shape index (κ3) is 6.36. The molecule has 2 aromatic carbocycles. The van der Waals surface area contributed by atoms with Crippen LogP contribution >= 0.6 is 0 Å². The van der Waals surface area contributed by atoms with E-state index in [2.05, 4.69) is 26.2 Å². The molecule has 0 saturated carbocycles. The van der Waals surface area contributed by atoms with Crippen LogP contribution in [0.2, 0.25) is 0 Å². The number of alkyl carbamates (subject to hydrolysis) is 1. The first-order valence-corrected chi connectivity index (χ1v) is 9.88. The van der Waals surface area contributed by atoms with E-state index in [0.29, 0.717) is 17.9 Å². The van der Waals surface area contributed by atoms with Crippen LogP contribution in [0.15, 0.2) is 54.6 Å². The minimum absolute atomic E-state index is 0.318. The number of benzene rings is 2. The number of hydrogen-bond donors (Lipinski definition) is 2. The van der Waals surface area contributed by atoms with Crippen molar-refractivity contribution in [2.24, 2.45) is 7.05 Å². The van der Waals surface area contributed by atoms with E-state index in [1.807, 2.05) is 36.4 Å². The van der Waals surface area contributed by atoms with Gasteiger partial charge in [-0.3, -0.25) is 4.79 Å². The standard InChI is InChI=1S/C22H26N6O3/c1-22(2,3)31-21(30)24-18(13-15-9-6-5-7-10-15)20(29)23-17-12-8-11-16(14-17)19-25-26-27-28(19)4/h5-12,14,18H,13H2,1-4H3,(H,23,29)(H,24,30). The molecule has 0 saturated heterocycles. The highest BCUT2D eigenvalue weighted by molar-refractivity contribution is 5.97. The minimum Gasteiger partial charge on any atom is -0.444 e. The van der Waals surface area contributed by atoms with Gasteiger partial charge in [0.15, 0.2) is 5.82 Å². The number of nitrogens with one attached hydrogen (secondary N) is 2. The predicted molar refractivity (Wildman–Crippen MR) is 116 cm³/mol. The van der Waals surface area contributed by atoms with Crippen LogP contribution in [0.5, 0.6) is 0 Å². The smallest absolute Gasteiger partial charge is 0.408 e. The Morgan fingerprint density at radius 1 is 1.10 bits per heavy atom. The van der Waals surface area contributed by atoms with Crippen LogP contribution in [-0.4, -0.2) is 43.9 Å². The summed E-state index contributed by atoms with van der Waals surface area (Å²) in [5.41, 5.74) is 1.56. The van der Waals surface area contributed by atoms with Crippen molar-refractivity contribution >= 4 is 17.7 Å². The zero-order chi connectivity index (χ0) is 22.4. The monoisotopic (exact) mass is 422 g/mol. The van der Waals surface area contributed by atoms with Crippen LogP contribution in [-0.2, 0) is 23.0 Å². The number of rotatable bonds is 6. The van der Waals surface area contributed by atoms with Gasteiger partial charge in [-0.25, -0.2) is 9.48 Å². The number of amides is 2. The quantitative estimate of drug-likeness (QED) is 0.632. The van der Waals surface area contributed by atoms with E-state index in [1.165, 1.54) is 0 Å². The zero-order valence-electron chi connectivity index (χ0n) is 18.0. The Kier molecular flexibility index (Phi) is 6.64. The predicted octanol–water partition coefficient (Wildman–Crippen LogP) is 2.95. The van der Waals surface area contributed by atoms with Crippen molar-refractivity contribution in [3.05, 3.63) is 60.2 Å². The Labute approximate surface area is 180 Å². The van der Waals surface area contributed by atoms with Crippen LogP contribution in [0.3, 0.4) is 0 Å². The second-order valence-corrected chi connectivity index (χ2v) is 8.08. The number of carbonyl (C=O) groups excluding carboxylic acids is 2. The van der Waals surface area contributed by atoms with E-state index in [1.54, 1.807) is 50.7 Å². The number of nitrogens with zero attached hydrogens (tertiary/aromatic N) is 4. The molecule has 0 aliphatic carbocycles. The third-order valence-corrected chi connectivity index (χ3v) is 4.30. The fraction of sp³-hybridized carbons (Fsp3) is 0.318. The highest BCUT2D eigenvalue weighted by atomic mass is 16.6. The van der Waals surface area contributed by atoms with Gasteiger partial charge in [0.1, 0.15) is 11.6 Å². The fourth-order valence-electron chi connectivity index (χ4n) is 2.95. The molecule has 0 spiro atoms. The molecule has 3 rings (SSSR count). The van der Waals surface area contributed by atoms with Crippen LogP contribution in [0, 0.1) is 0 Å². The van der Waals surface area contributed by atoms with Gasteiger partial charge in [-0.1, -0.05) is 42.5 Å². The Hall–Kier alpha value is -3.75. The molecule has 0 fully saturated rings. The first-order valence-electron chi connectivity index (χ1n) is 9.88. The van der Waals surface area contributed by atoms with Crippen molar-refractivity contribution in [2.45, 2.75) is 38.8 Å². The summed E-state index contributed by atoms with van der Waals surface area (Å²) < 4.78 is 6.88. The molecule has 1 unspecified atom stereocenters. The Morgan fingerprint density at radius 2 is 1.84 bits per heavy atom. The molecule has 9 nitrogen and oxygen atoms in total. The topological polar surface area (TPSA) is 111 Å². The van der Waals surface area contributed by atoms with Crippen molar-refractivity contribution < 1.29 is 14.3 Å². The lowest BCUT2D eigenvalue weighted by Crippen LogP contribution is -2.47. The maximum Gasteiger partial charge on any atom is 0.408 e. The molecule has 2 amide bonds. The van der Waals surface area contributed by atoms with Gasteiger partial charge in [0.25, 0.3) is 0 Å². The highest BCUT2D eigenvalue weighted by Crippen LogP contribution is 2.20. The van der Waals surface area contributed by atoms with Gasteiger partial charge in [0, 0.05) is 24.7 Å². The summed E-state index contributed by atoms with van der Waals surface area (Å²) in [6.45, 7) is 5.31. The molecule has 0 aliphatic rings. The van der Waals surface area contributed by atoms with Gasteiger partial charge in [-0.2, -0.15) is 0 Å². The summed E-state index contributed by atoms with van der Waals surface area (Å²) in [4.78, 5) is 25.4. The number of aromatic nitrogens is 4. The van der Waals surface area contributed by atoms with Crippen molar-refractivity contribution in [3.8, 4) is 11.4 Å². The average molecular weight is 422 g/mol. The molecule has 1 atom stereocenters. The van der Waals surface area contributed by atoms with E-state index in [4.69, 9.17) is 4.74 Å². The summed E-state index contributed by atoms with van der Waals surface area (Å²) in [7, 11) is 1.74. The third-order valence-electron chi connectivity index (χ3n) is 4.30. The van der Waals surface area contributed by atoms with Crippen LogP contribution < -0.4 is 10.6 Å². The largest absolute Gasteiger partial charge is 0.444 e. The summed E-state index contributed by atoms with van der Waals surface area (Å²) in [5, 5.41) is 17.0. The van der Waals surface area contributed by atoms with Gasteiger partial charge in [-0.05, 0) is 48.9 Å². The molecule has 1 heterocycles. The van der Waals surface area contributed by atoms with Gasteiger partial charge >= 0.3 is 6.09 Å². The lowest BCUT2D eigenvalue weighted by Gasteiger charge is -2.23. The Morgan fingerprint density at radius 3 is 2.48 bits per heavy atom. The highest BCUT2D eigenvalue weighted by Gasteiger charge is 2.25. The lowest BCUT2D eigenvalue weighted by molar-refractivity contribution is -0.118. The number of tetrazole rings is 1. The van der Waals surface area contributed by atoms with E-state index in [-0.39, 0.29) is 5.91 Å². The number of anilines is 1. The molecule has 3 aromatic rings.